The maximum atomic E-state index is 6.04. The molecule has 4 heteroatoms. The van der Waals surface area contributed by atoms with E-state index in [0.29, 0.717) is 5.15 Å². The molecule has 13 heavy (non-hydrogen) atoms. The number of rotatable bonds is 0. The molecule has 0 spiro atoms. The Labute approximate surface area is 84.6 Å². The monoisotopic (exact) mass is 210 g/mol. The molecule has 2 aromatic rings. The van der Waals surface area contributed by atoms with Gasteiger partial charge in [0.2, 0.25) is 0 Å². The first-order chi connectivity index (χ1) is 6.36. The maximum Gasteiger partial charge on any atom is 0.141 e. The van der Waals surface area contributed by atoms with Crippen LogP contribution in [0.5, 0.6) is 0 Å². The van der Waals surface area contributed by atoms with E-state index in [1.54, 1.807) is 11.3 Å². The Morgan fingerprint density at radius 3 is 3.15 bits per heavy atom. The lowest BCUT2D eigenvalue weighted by atomic mass is 10.2. The van der Waals surface area contributed by atoms with Crippen molar-refractivity contribution in [1.29, 1.82) is 0 Å². The molecular weight excluding hydrogens is 204 g/mol. The fraction of sp³-hybridized carbons (Fsp3) is 0.333. The van der Waals surface area contributed by atoms with Gasteiger partial charge in [0.15, 0.2) is 0 Å². The number of aromatic nitrogens is 2. The van der Waals surface area contributed by atoms with E-state index in [4.69, 9.17) is 11.6 Å². The molecule has 0 fully saturated rings. The van der Waals surface area contributed by atoms with Crippen molar-refractivity contribution in [2.75, 3.05) is 0 Å². The van der Waals surface area contributed by atoms with Gasteiger partial charge in [-0.15, -0.1) is 11.3 Å². The average molecular weight is 211 g/mol. The van der Waals surface area contributed by atoms with Gasteiger partial charge < -0.3 is 0 Å². The van der Waals surface area contributed by atoms with Crippen LogP contribution in [0.25, 0.3) is 10.2 Å². The molecule has 66 valence electrons. The number of halogens is 1. The van der Waals surface area contributed by atoms with Crippen LogP contribution >= 0.6 is 22.9 Å². The van der Waals surface area contributed by atoms with Crippen LogP contribution in [0.3, 0.4) is 0 Å². The highest BCUT2D eigenvalue weighted by atomic mass is 35.5. The number of fused-ring (bicyclic) bond motifs is 3. The standard InChI is InChI=1S/C9H7ClN2S/c10-8-7-5-2-1-3-6(5)13-9(7)12-4-11-8/h4H,1-3H2. The molecular formula is C9H7ClN2S. The van der Waals surface area contributed by atoms with Crippen molar-refractivity contribution in [3.8, 4) is 0 Å². The zero-order valence-electron chi connectivity index (χ0n) is 6.88. The summed E-state index contributed by atoms with van der Waals surface area (Å²) in [5, 5.41) is 1.71. The molecule has 1 aliphatic carbocycles. The van der Waals surface area contributed by atoms with Gasteiger partial charge in [-0.25, -0.2) is 9.97 Å². The summed E-state index contributed by atoms with van der Waals surface area (Å²) in [6, 6.07) is 0. The summed E-state index contributed by atoms with van der Waals surface area (Å²) in [4.78, 5) is 10.7. The second-order valence-electron chi connectivity index (χ2n) is 3.20. The third kappa shape index (κ3) is 1.00. The summed E-state index contributed by atoms with van der Waals surface area (Å²) in [5.74, 6) is 0. The van der Waals surface area contributed by atoms with E-state index < -0.39 is 0 Å². The van der Waals surface area contributed by atoms with Crippen LogP contribution in [-0.4, -0.2) is 9.97 Å². The maximum absolute atomic E-state index is 6.04. The molecule has 0 aromatic carbocycles. The van der Waals surface area contributed by atoms with Crippen LogP contribution < -0.4 is 0 Å². The van der Waals surface area contributed by atoms with Gasteiger partial charge in [-0.2, -0.15) is 0 Å². The molecule has 3 rings (SSSR count). The Morgan fingerprint density at radius 2 is 2.23 bits per heavy atom. The van der Waals surface area contributed by atoms with Gasteiger partial charge in [0.1, 0.15) is 16.3 Å². The normalized spacial score (nSPS) is 15.2. The van der Waals surface area contributed by atoms with Crippen molar-refractivity contribution in [2.24, 2.45) is 0 Å². The first kappa shape index (κ1) is 7.71. The Hall–Kier alpha value is -0.670. The highest BCUT2D eigenvalue weighted by molar-refractivity contribution is 7.19. The van der Waals surface area contributed by atoms with Gasteiger partial charge in [-0.05, 0) is 24.8 Å². The Morgan fingerprint density at radius 1 is 1.31 bits per heavy atom. The second-order valence-corrected chi connectivity index (χ2v) is 4.64. The van der Waals surface area contributed by atoms with Crippen molar-refractivity contribution in [2.45, 2.75) is 19.3 Å². The predicted molar refractivity (Wildman–Crippen MR) is 54.5 cm³/mol. The molecule has 0 unspecified atom stereocenters. The summed E-state index contributed by atoms with van der Waals surface area (Å²) >= 11 is 7.80. The summed E-state index contributed by atoms with van der Waals surface area (Å²) < 4.78 is 0. The molecule has 2 aromatic heterocycles. The number of nitrogens with zero attached hydrogens (tertiary/aromatic N) is 2. The number of aryl methyl sites for hydroxylation is 2. The minimum atomic E-state index is 0.615. The van der Waals surface area contributed by atoms with Gasteiger partial charge in [-0.3, -0.25) is 0 Å². The van der Waals surface area contributed by atoms with Gasteiger partial charge in [-0.1, -0.05) is 11.6 Å². The predicted octanol–water partition coefficient (Wildman–Crippen LogP) is 2.83. The minimum Gasteiger partial charge on any atom is -0.225 e. The van der Waals surface area contributed by atoms with Crippen LogP contribution in [-0.2, 0) is 12.8 Å². The Bertz CT molecular complexity index is 478. The molecule has 0 saturated carbocycles. The highest BCUT2D eigenvalue weighted by Gasteiger charge is 2.20. The summed E-state index contributed by atoms with van der Waals surface area (Å²) in [6.07, 6.45) is 5.12. The van der Waals surface area contributed by atoms with Crippen molar-refractivity contribution in [3.05, 3.63) is 21.9 Å². The molecule has 0 atom stereocenters. The van der Waals surface area contributed by atoms with Gasteiger partial charge in [0.25, 0.3) is 0 Å². The highest BCUT2D eigenvalue weighted by Crippen LogP contribution is 2.38. The summed E-state index contributed by atoms with van der Waals surface area (Å²) in [5.41, 5.74) is 1.39. The van der Waals surface area contributed by atoms with Crippen LogP contribution in [0, 0.1) is 0 Å². The van der Waals surface area contributed by atoms with Crippen LogP contribution in [0.2, 0.25) is 5.15 Å². The zero-order chi connectivity index (χ0) is 8.84. The van der Waals surface area contributed by atoms with Crippen molar-refractivity contribution in [3.63, 3.8) is 0 Å². The summed E-state index contributed by atoms with van der Waals surface area (Å²) in [6.45, 7) is 0. The van der Waals surface area contributed by atoms with E-state index in [-0.39, 0.29) is 0 Å². The lowest BCUT2D eigenvalue weighted by Crippen LogP contribution is -1.82. The summed E-state index contributed by atoms with van der Waals surface area (Å²) in [7, 11) is 0. The number of hydrogen-bond acceptors (Lipinski definition) is 3. The van der Waals surface area contributed by atoms with Crippen LogP contribution in [0.4, 0.5) is 0 Å². The van der Waals surface area contributed by atoms with Gasteiger partial charge in [0, 0.05) is 4.88 Å². The fourth-order valence-electron chi connectivity index (χ4n) is 1.89. The fourth-order valence-corrected chi connectivity index (χ4v) is 3.42. The number of hydrogen-bond donors (Lipinski definition) is 0. The molecule has 2 heterocycles. The zero-order valence-corrected chi connectivity index (χ0v) is 8.45. The third-order valence-electron chi connectivity index (χ3n) is 2.46. The van der Waals surface area contributed by atoms with Crippen molar-refractivity contribution in [1.82, 2.24) is 9.97 Å². The molecule has 1 aliphatic rings. The van der Waals surface area contributed by atoms with Gasteiger partial charge >= 0.3 is 0 Å². The lowest BCUT2D eigenvalue weighted by molar-refractivity contribution is 0.917. The molecule has 0 bridgehead atoms. The smallest absolute Gasteiger partial charge is 0.141 e. The second kappa shape index (κ2) is 2.66. The first-order valence-electron chi connectivity index (χ1n) is 4.27. The van der Waals surface area contributed by atoms with E-state index in [1.807, 2.05) is 0 Å². The SMILES string of the molecule is Clc1ncnc2sc3c(c12)CCC3. The molecule has 0 radical (unpaired) electrons. The largest absolute Gasteiger partial charge is 0.225 e. The molecule has 0 saturated heterocycles. The van der Waals surface area contributed by atoms with Crippen molar-refractivity contribution < 1.29 is 0 Å². The van der Waals surface area contributed by atoms with E-state index in [2.05, 4.69) is 9.97 Å². The average Bonchev–Trinajstić information content (AvgIpc) is 2.62. The molecule has 0 amide bonds. The molecule has 0 aliphatic heterocycles. The first-order valence-corrected chi connectivity index (χ1v) is 5.46. The molecule has 0 N–H and O–H groups in total. The van der Waals surface area contributed by atoms with E-state index in [0.717, 1.165) is 16.6 Å². The Kier molecular flexibility index (Phi) is 1.58. The quantitative estimate of drug-likeness (QED) is 0.625. The Balaban J connectivity index is 2.46. The van der Waals surface area contributed by atoms with Crippen LogP contribution in [0.1, 0.15) is 16.9 Å². The van der Waals surface area contributed by atoms with Crippen LogP contribution in [0.15, 0.2) is 6.33 Å². The van der Waals surface area contributed by atoms with E-state index in [1.165, 1.54) is 29.6 Å². The van der Waals surface area contributed by atoms with E-state index >= 15 is 0 Å². The van der Waals surface area contributed by atoms with Gasteiger partial charge in [0.05, 0.1) is 5.39 Å². The van der Waals surface area contributed by atoms with E-state index in [9.17, 15) is 0 Å². The minimum absolute atomic E-state index is 0.615. The lowest BCUT2D eigenvalue weighted by Gasteiger charge is -1.94. The third-order valence-corrected chi connectivity index (χ3v) is 3.94. The number of thiophene rings is 1. The van der Waals surface area contributed by atoms with Crippen molar-refractivity contribution >= 4 is 33.2 Å². The molecule has 2 nitrogen and oxygen atoms in total. The topological polar surface area (TPSA) is 25.8 Å².